The van der Waals surface area contributed by atoms with E-state index in [2.05, 4.69) is 6.92 Å². The van der Waals surface area contributed by atoms with E-state index in [-0.39, 0.29) is 0 Å². The normalized spacial score (nSPS) is 11.5. The highest BCUT2D eigenvalue weighted by molar-refractivity contribution is 8.00. The van der Waals surface area contributed by atoms with E-state index < -0.39 is 10.0 Å². The first kappa shape index (κ1) is 19.6. The first-order valence-corrected chi connectivity index (χ1v) is 11.3. The van der Waals surface area contributed by atoms with E-state index in [1.54, 1.807) is 12.1 Å². The molecule has 0 saturated heterocycles. The van der Waals surface area contributed by atoms with Crippen LogP contribution in [-0.2, 0) is 17.1 Å². The summed E-state index contributed by atoms with van der Waals surface area (Å²) >= 11 is 1.47. The van der Waals surface area contributed by atoms with Crippen LogP contribution in [0.5, 0.6) is 0 Å². The third-order valence-corrected chi connectivity index (χ3v) is 7.35. The molecule has 0 unspecified atom stereocenters. The number of anilines is 1. The van der Waals surface area contributed by atoms with E-state index in [1.807, 2.05) is 72.4 Å². The molecule has 3 aromatic rings. The van der Waals surface area contributed by atoms with Gasteiger partial charge in [-0.1, -0.05) is 55.4 Å². The molecule has 0 aliphatic carbocycles. The number of rotatable bonds is 8. The molecule has 6 heteroatoms. The molecule has 0 atom stereocenters. The monoisotopic (exact) mass is 400 g/mol. The molecule has 142 valence electrons. The van der Waals surface area contributed by atoms with Crippen molar-refractivity contribution in [1.82, 2.24) is 4.57 Å². The molecule has 1 heterocycles. The van der Waals surface area contributed by atoms with Gasteiger partial charge in [0.05, 0.1) is 0 Å². The van der Waals surface area contributed by atoms with E-state index in [1.165, 1.54) is 16.1 Å². The van der Waals surface area contributed by atoms with Crippen molar-refractivity contribution in [2.75, 3.05) is 10.8 Å². The van der Waals surface area contributed by atoms with Crippen molar-refractivity contribution in [3.8, 4) is 0 Å². The highest BCUT2D eigenvalue weighted by Gasteiger charge is 2.28. The smallest absolute Gasteiger partial charge is 0.266 e. The van der Waals surface area contributed by atoms with Crippen LogP contribution in [0.3, 0.4) is 0 Å². The zero-order chi connectivity index (χ0) is 19.3. The van der Waals surface area contributed by atoms with Crippen LogP contribution >= 0.6 is 11.8 Å². The number of unbranched alkanes of at least 4 members (excludes halogenated alkanes) is 1. The average molecular weight is 401 g/mol. The van der Waals surface area contributed by atoms with Crippen molar-refractivity contribution >= 4 is 27.6 Å². The number of benzene rings is 2. The minimum Gasteiger partial charge on any atom is -0.337 e. The lowest BCUT2D eigenvalue weighted by molar-refractivity contribution is 0.585. The molecular weight excluding hydrogens is 376 g/mol. The first-order valence-electron chi connectivity index (χ1n) is 9.00. The number of aryl methyl sites for hydroxylation is 1. The van der Waals surface area contributed by atoms with E-state index in [0.717, 1.165) is 22.6 Å². The van der Waals surface area contributed by atoms with Gasteiger partial charge in [0.1, 0.15) is 10.7 Å². The lowest BCUT2D eigenvalue weighted by Crippen LogP contribution is -2.33. The molecule has 4 nitrogen and oxygen atoms in total. The Bertz CT molecular complexity index is 982. The lowest BCUT2D eigenvalue weighted by atomic mass is 10.3. The lowest BCUT2D eigenvalue weighted by Gasteiger charge is -2.25. The Kier molecular flexibility index (Phi) is 6.29. The molecule has 0 bridgehead atoms. The molecule has 0 amide bonds. The molecule has 0 aliphatic rings. The number of hydrogen-bond acceptors (Lipinski definition) is 3. The van der Waals surface area contributed by atoms with Gasteiger partial charge in [0, 0.05) is 29.6 Å². The Balaban J connectivity index is 2.03. The maximum Gasteiger partial charge on any atom is 0.266 e. The van der Waals surface area contributed by atoms with Gasteiger partial charge in [-0.05, 0) is 42.8 Å². The van der Waals surface area contributed by atoms with Gasteiger partial charge in [-0.25, -0.2) is 8.42 Å². The van der Waals surface area contributed by atoms with Crippen LogP contribution in [0.25, 0.3) is 0 Å². The largest absolute Gasteiger partial charge is 0.337 e. The minimum absolute atomic E-state index is 0.344. The second kappa shape index (κ2) is 8.67. The van der Waals surface area contributed by atoms with E-state index >= 15 is 0 Å². The summed E-state index contributed by atoms with van der Waals surface area (Å²) in [7, 11) is -1.81. The fourth-order valence-electron chi connectivity index (χ4n) is 2.85. The third kappa shape index (κ3) is 4.39. The number of hydrogen-bond donors (Lipinski definition) is 0. The van der Waals surface area contributed by atoms with Crippen LogP contribution in [0.1, 0.15) is 19.8 Å². The predicted molar refractivity (Wildman–Crippen MR) is 112 cm³/mol. The highest BCUT2D eigenvalue weighted by atomic mass is 32.2. The Morgan fingerprint density at radius 2 is 1.67 bits per heavy atom. The van der Waals surface area contributed by atoms with Crippen LogP contribution < -0.4 is 4.31 Å². The Morgan fingerprint density at radius 3 is 2.33 bits per heavy atom. The standard InChI is InChI=1S/C21H24N2O2S2/c1-3-4-17-23(21-15-10-16-22(21)2)27(24,25)20-14-9-8-13-19(20)26-18-11-6-5-7-12-18/h5-16H,3-4,17H2,1-2H3. The van der Waals surface area contributed by atoms with Crippen LogP contribution in [0.15, 0.2) is 87.6 Å². The summed E-state index contributed by atoms with van der Waals surface area (Å²) in [6, 6.07) is 20.8. The second-order valence-electron chi connectivity index (χ2n) is 6.27. The van der Waals surface area contributed by atoms with Gasteiger partial charge in [-0.3, -0.25) is 4.31 Å². The van der Waals surface area contributed by atoms with Gasteiger partial charge in [-0.15, -0.1) is 0 Å². The first-order chi connectivity index (χ1) is 13.0. The molecular formula is C21H24N2O2S2. The van der Waals surface area contributed by atoms with Crippen molar-refractivity contribution in [3.63, 3.8) is 0 Å². The summed E-state index contributed by atoms with van der Waals surface area (Å²) in [5.74, 6) is 0.683. The van der Waals surface area contributed by atoms with Gasteiger partial charge in [0.2, 0.25) is 0 Å². The molecule has 0 spiro atoms. The molecule has 0 saturated carbocycles. The highest BCUT2D eigenvalue weighted by Crippen LogP contribution is 2.35. The Hall–Kier alpha value is -2.18. The summed E-state index contributed by atoms with van der Waals surface area (Å²) in [5, 5.41) is 0. The number of sulfonamides is 1. The van der Waals surface area contributed by atoms with Crippen molar-refractivity contribution in [3.05, 3.63) is 72.9 Å². The van der Waals surface area contributed by atoms with Gasteiger partial charge < -0.3 is 4.57 Å². The average Bonchev–Trinajstić information content (AvgIpc) is 3.09. The fraction of sp³-hybridized carbons (Fsp3) is 0.238. The zero-order valence-electron chi connectivity index (χ0n) is 15.6. The van der Waals surface area contributed by atoms with Crippen molar-refractivity contribution < 1.29 is 8.42 Å². The molecule has 27 heavy (non-hydrogen) atoms. The van der Waals surface area contributed by atoms with Crippen LogP contribution in [-0.4, -0.2) is 19.5 Å². The summed E-state index contributed by atoms with van der Waals surface area (Å²) in [4.78, 5) is 2.09. The maximum absolute atomic E-state index is 13.6. The minimum atomic E-state index is -3.68. The predicted octanol–water partition coefficient (Wildman–Crippen LogP) is 5.17. The molecule has 2 aromatic carbocycles. The quantitative estimate of drug-likeness (QED) is 0.524. The molecule has 0 N–H and O–H groups in total. The van der Waals surface area contributed by atoms with Crippen molar-refractivity contribution in [1.29, 1.82) is 0 Å². The van der Waals surface area contributed by atoms with Gasteiger partial charge in [-0.2, -0.15) is 0 Å². The van der Waals surface area contributed by atoms with Gasteiger partial charge >= 0.3 is 0 Å². The van der Waals surface area contributed by atoms with Gasteiger partial charge in [0.15, 0.2) is 0 Å². The second-order valence-corrected chi connectivity index (χ2v) is 9.22. The Labute approximate surface area is 165 Å². The topological polar surface area (TPSA) is 42.3 Å². The van der Waals surface area contributed by atoms with Gasteiger partial charge in [0.25, 0.3) is 10.0 Å². The van der Waals surface area contributed by atoms with Crippen molar-refractivity contribution in [2.24, 2.45) is 7.05 Å². The molecule has 0 fully saturated rings. The van der Waals surface area contributed by atoms with E-state index in [0.29, 0.717) is 17.3 Å². The number of aromatic nitrogens is 1. The number of nitrogens with zero attached hydrogens (tertiary/aromatic N) is 2. The fourth-order valence-corrected chi connectivity index (χ4v) is 5.77. The molecule has 0 aliphatic heterocycles. The van der Waals surface area contributed by atoms with E-state index in [4.69, 9.17) is 0 Å². The van der Waals surface area contributed by atoms with Crippen molar-refractivity contribution in [2.45, 2.75) is 34.5 Å². The maximum atomic E-state index is 13.6. The zero-order valence-corrected chi connectivity index (χ0v) is 17.2. The molecule has 0 radical (unpaired) electrons. The van der Waals surface area contributed by atoms with E-state index in [9.17, 15) is 8.42 Å². The summed E-state index contributed by atoms with van der Waals surface area (Å²) in [6.45, 7) is 2.52. The SMILES string of the molecule is CCCCN(c1cccn1C)S(=O)(=O)c1ccccc1Sc1ccccc1. The summed E-state index contributed by atoms with van der Waals surface area (Å²) in [6.07, 6.45) is 3.60. The molecule has 3 rings (SSSR count). The third-order valence-electron chi connectivity index (χ3n) is 4.27. The van der Waals surface area contributed by atoms with Crippen LogP contribution in [0.2, 0.25) is 0 Å². The Morgan fingerprint density at radius 1 is 0.963 bits per heavy atom. The molecule has 1 aromatic heterocycles. The van der Waals surface area contributed by atoms with Crippen LogP contribution in [0, 0.1) is 0 Å². The summed E-state index contributed by atoms with van der Waals surface area (Å²) < 4.78 is 30.6. The summed E-state index contributed by atoms with van der Waals surface area (Å²) in [5.41, 5.74) is 0. The van der Waals surface area contributed by atoms with Crippen LogP contribution in [0.4, 0.5) is 5.82 Å².